The maximum Gasteiger partial charge on any atom is 0.0637 e. The zero-order valence-electron chi connectivity index (χ0n) is 9.11. The van der Waals surface area contributed by atoms with Gasteiger partial charge in [0.25, 0.3) is 0 Å². The molecule has 0 aromatic carbocycles. The van der Waals surface area contributed by atoms with Crippen LogP contribution in [0.15, 0.2) is 0 Å². The van der Waals surface area contributed by atoms with Crippen molar-refractivity contribution >= 4 is 0 Å². The standard InChI is InChI=1S/C10H23NO/c1-6-9(11-7-2)8-10(3,4)12-5/h9,11H,6-8H2,1-5H3. The van der Waals surface area contributed by atoms with E-state index in [1.165, 1.54) is 6.42 Å². The Bertz CT molecular complexity index is 112. The summed E-state index contributed by atoms with van der Waals surface area (Å²) in [6.45, 7) is 9.65. The third kappa shape index (κ3) is 4.73. The van der Waals surface area contributed by atoms with Gasteiger partial charge in [0.05, 0.1) is 5.60 Å². The monoisotopic (exact) mass is 173 g/mol. The molecule has 1 unspecified atom stereocenters. The number of hydrogen-bond donors (Lipinski definition) is 1. The molecule has 0 fully saturated rings. The van der Waals surface area contributed by atoms with Crippen molar-refractivity contribution in [2.45, 2.75) is 52.2 Å². The Morgan fingerprint density at radius 3 is 2.25 bits per heavy atom. The lowest BCUT2D eigenvalue weighted by atomic mass is 9.97. The van der Waals surface area contributed by atoms with Crippen molar-refractivity contribution in [2.24, 2.45) is 0 Å². The summed E-state index contributed by atoms with van der Waals surface area (Å²) in [5.74, 6) is 0. The molecule has 0 aliphatic carbocycles. The summed E-state index contributed by atoms with van der Waals surface area (Å²) in [5.41, 5.74) is 0.00282. The fourth-order valence-corrected chi connectivity index (χ4v) is 1.33. The molecule has 0 aliphatic heterocycles. The van der Waals surface area contributed by atoms with Crippen LogP contribution in [0.5, 0.6) is 0 Å². The van der Waals surface area contributed by atoms with Crippen LogP contribution in [0.3, 0.4) is 0 Å². The van der Waals surface area contributed by atoms with Gasteiger partial charge in [-0.05, 0) is 33.2 Å². The van der Waals surface area contributed by atoms with Crippen LogP contribution < -0.4 is 5.32 Å². The predicted octanol–water partition coefficient (Wildman–Crippen LogP) is 2.19. The molecule has 0 radical (unpaired) electrons. The van der Waals surface area contributed by atoms with Crippen LogP contribution >= 0.6 is 0 Å². The fraction of sp³-hybridized carbons (Fsp3) is 1.00. The average molecular weight is 173 g/mol. The Morgan fingerprint density at radius 1 is 1.33 bits per heavy atom. The first-order valence-electron chi connectivity index (χ1n) is 4.84. The highest BCUT2D eigenvalue weighted by Crippen LogP contribution is 2.16. The zero-order valence-corrected chi connectivity index (χ0v) is 9.11. The van der Waals surface area contributed by atoms with Crippen LogP contribution in [0.1, 0.15) is 40.5 Å². The summed E-state index contributed by atoms with van der Waals surface area (Å²) in [6, 6.07) is 0.588. The van der Waals surface area contributed by atoms with Crippen molar-refractivity contribution < 1.29 is 4.74 Å². The van der Waals surface area contributed by atoms with Crippen LogP contribution in [0.25, 0.3) is 0 Å². The number of hydrogen-bond acceptors (Lipinski definition) is 2. The predicted molar refractivity (Wildman–Crippen MR) is 53.5 cm³/mol. The third-order valence-electron chi connectivity index (χ3n) is 2.28. The number of rotatable bonds is 6. The molecular formula is C10H23NO. The maximum absolute atomic E-state index is 5.38. The van der Waals surface area contributed by atoms with Crippen LogP contribution in [0.2, 0.25) is 0 Å². The summed E-state index contributed by atoms with van der Waals surface area (Å²) in [5, 5.41) is 3.44. The molecule has 0 amide bonds. The fourth-order valence-electron chi connectivity index (χ4n) is 1.33. The molecular weight excluding hydrogens is 150 g/mol. The second-order valence-corrected chi connectivity index (χ2v) is 3.83. The van der Waals surface area contributed by atoms with Crippen molar-refractivity contribution in [2.75, 3.05) is 13.7 Å². The Morgan fingerprint density at radius 2 is 1.92 bits per heavy atom. The maximum atomic E-state index is 5.38. The molecule has 0 aliphatic rings. The molecule has 0 saturated carbocycles. The van der Waals surface area contributed by atoms with Crippen LogP contribution in [0, 0.1) is 0 Å². The van der Waals surface area contributed by atoms with Crippen LogP contribution in [-0.4, -0.2) is 25.3 Å². The van der Waals surface area contributed by atoms with Crippen LogP contribution in [-0.2, 0) is 4.74 Å². The molecule has 0 aromatic rings. The van der Waals surface area contributed by atoms with Gasteiger partial charge in [-0.15, -0.1) is 0 Å². The van der Waals surface area contributed by atoms with E-state index in [0.717, 1.165) is 13.0 Å². The van der Waals surface area contributed by atoms with Crippen molar-refractivity contribution in [3.05, 3.63) is 0 Å². The second-order valence-electron chi connectivity index (χ2n) is 3.83. The van der Waals surface area contributed by atoms with Gasteiger partial charge in [-0.3, -0.25) is 0 Å². The second kappa shape index (κ2) is 5.55. The van der Waals surface area contributed by atoms with Gasteiger partial charge in [-0.25, -0.2) is 0 Å². The van der Waals surface area contributed by atoms with Crippen molar-refractivity contribution in [3.8, 4) is 0 Å². The normalized spacial score (nSPS) is 14.8. The first kappa shape index (κ1) is 11.9. The first-order chi connectivity index (χ1) is 5.55. The minimum absolute atomic E-state index is 0.00282. The number of nitrogens with one attached hydrogen (secondary N) is 1. The van der Waals surface area contributed by atoms with E-state index < -0.39 is 0 Å². The summed E-state index contributed by atoms with van der Waals surface area (Å²) >= 11 is 0. The lowest BCUT2D eigenvalue weighted by Crippen LogP contribution is -2.37. The third-order valence-corrected chi connectivity index (χ3v) is 2.28. The van der Waals surface area contributed by atoms with Gasteiger partial charge in [0.15, 0.2) is 0 Å². The molecule has 74 valence electrons. The molecule has 1 N–H and O–H groups in total. The van der Waals surface area contributed by atoms with E-state index in [9.17, 15) is 0 Å². The quantitative estimate of drug-likeness (QED) is 0.665. The number of methoxy groups -OCH3 is 1. The summed E-state index contributed by atoms with van der Waals surface area (Å²) in [6.07, 6.45) is 2.24. The molecule has 0 saturated heterocycles. The van der Waals surface area contributed by atoms with Gasteiger partial charge in [0, 0.05) is 13.2 Å². The van der Waals surface area contributed by atoms with E-state index in [4.69, 9.17) is 4.74 Å². The Hall–Kier alpha value is -0.0800. The lowest BCUT2D eigenvalue weighted by molar-refractivity contribution is 0.00692. The highest BCUT2D eigenvalue weighted by atomic mass is 16.5. The Balaban J connectivity index is 3.83. The molecule has 0 rings (SSSR count). The largest absolute Gasteiger partial charge is 0.379 e. The summed E-state index contributed by atoms with van der Waals surface area (Å²) in [7, 11) is 1.78. The molecule has 0 spiro atoms. The Kier molecular flexibility index (Phi) is 5.51. The molecule has 2 heteroatoms. The van der Waals surface area contributed by atoms with Crippen molar-refractivity contribution in [3.63, 3.8) is 0 Å². The smallest absolute Gasteiger partial charge is 0.0637 e. The van der Waals surface area contributed by atoms with E-state index in [0.29, 0.717) is 6.04 Å². The molecule has 0 heterocycles. The molecule has 12 heavy (non-hydrogen) atoms. The van der Waals surface area contributed by atoms with E-state index in [1.807, 2.05) is 0 Å². The van der Waals surface area contributed by atoms with Gasteiger partial charge < -0.3 is 10.1 Å². The average Bonchev–Trinajstić information content (AvgIpc) is 2.03. The van der Waals surface area contributed by atoms with Crippen molar-refractivity contribution in [1.82, 2.24) is 5.32 Å². The number of ether oxygens (including phenoxy) is 1. The van der Waals surface area contributed by atoms with E-state index in [-0.39, 0.29) is 5.60 Å². The summed E-state index contributed by atoms with van der Waals surface area (Å²) < 4.78 is 5.38. The van der Waals surface area contributed by atoms with Gasteiger partial charge in [0.2, 0.25) is 0 Å². The van der Waals surface area contributed by atoms with E-state index >= 15 is 0 Å². The molecule has 0 aromatic heterocycles. The zero-order chi connectivity index (χ0) is 9.61. The first-order valence-corrected chi connectivity index (χ1v) is 4.84. The van der Waals surface area contributed by atoms with Crippen molar-refractivity contribution in [1.29, 1.82) is 0 Å². The lowest BCUT2D eigenvalue weighted by Gasteiger charge is -2.28. The van der Waals surface area contributed by atoms with E-state index in [1.54, 1.807) is 7.11 Å². The minimum Gasteiger partial charge on any atom is -0.379 e. The molecule has 1 atom stereocenters. The Labute approximate surface area is 76.7 Å². The minimum atomic E-state index is 0.00282. The van der Waals surface area contributed by atoms with E-state index in [2.05, 4.69) is 33.0 Å². The summed E-state index contributed by atoms with van der Waals surface area (Å²) in [4.78, 5) is 0. The van der Waals surface area contributed by atoms with Gasteiger partial charge in [-0.2, -0.15) is 0 Å². The topological polar surface area (TPSA) is 21.3 Å². The highest BCUT2D eigenvalue weighted by molar-refractivity contribution is 4.76. The van der Waals surface area contributed by atoms with Crippen LogP contribution in [0.4, 0.5) is 0 Å². The highest BCUT2D eigenvalue weighted by Gasteiger charge is 2.20. The molecule has 2 nitrogen and oxygen atoms in total. The SMILES string of the molecule is CCNC(CC)CC(C)(C)OC. The van der Waals surface area contributed by atoms with Gasteiger partial charge in [-0.1, -0.05) is 13.8 Å². The van der Waals surface area contributed by atoms with Gasteiger partial charge in [0.1, 0.15) is 0 Å². The molecule has 0 bridgehead atoms. The van der Waals surface area contributed by atoms with Gasteiger partial charge >= 0.3 is 0 Å².